The van der Waals surface area contributed by atoms with Gasteiger partial charge in [0.2, 0.25) is 0 Å². The van der Waals surface area contributed by atoms with E-state index in [9.17, 15) is 19.1 Å². The SMILES string of the molecule is C=CCOC(=O)C(CC)(CC)P(=O)(O)O. The summed E-state index contributed by atoms with van der Waals surface area (Å²) in [7, 11) is -4.51. The molecule has 0 atom stereocenters. The molecule has 0 aromatic carbocycles. The van der Waals surface area contributed by atoms with Crippen LogP contribution in [0.4, 0.5) is 0 Å². The number of hydrogen-bond donors (Lipinski definition) is 2. The van der Waals surface area contributed by atoms with Gasteiger partial charge in [-0.2, -0.15) is 0 Å². The quantitative estimate of drug-likeness (QED) is 0.414. The van der Waals surface area contributed by atoms with Crippen molar-refractivity contribution in [2.75, 3.05) is 6.61 Å². The zero-order valence-corrected chi connectivity index (χ0v) is 9.87. The summed E-state index contributed by atoms with van der Waals surface area (Å²) in [5.41, 5.74) is 0. The molecule has 0 radical (unpaired) electrons. The minimum absolute atomic E-state index is 0.0411. The second-order valence-corrected chi connectivity index (χ2v) is 5.11. The lowest BCUT2D eigenvalue weighted by molar-refractivity contribution is -0.146. The molecule has 88 valence electrons. The summed E-state index contributed by atoms with van der Waals surface area (Å²) >= 11 is 0. The molecule has 0 rings (SSSR count). The maximum atomic E-state index is 11.6. The Labute approximate surface area is 89.3 Å². The van der Waals surface area contributed by atoms with Crippen LogP contribution in [0.25, 0.3) is 0 Å². The fraction of sp³-hybridized carbons (Fsp3) is 0.667. The zero-order chi connectivity index (χ0) is 12.1. The molecule has 6 heteroatoms. The minimum atomic E-state index is -4.51. The lowest BCUT2D eigenvalue weighted by atomic mass is 10.0. The Morgan fingerprint density at radius 3 is 2.20 bits per heavy atom. The molecule has 0 unspecified atom stereocenters. The molecule has 0 aliphatic rings. The number of rotatable bonds is 6. The van der Waals surface area contributed by atoms with Crippen molar-refractivity contribution in [2.45, 2.75) is 31.8 Å². The van der Waals surface area contributed by atoms with E-state index in [1.54, 1.807) is 13.8 Å². The third-order valence-corrected chi connectivity index (χ3v) is 4.37. The molecule has 0 aromatic rings. The van der Waals surface area contributed by atoms with E-state index < -0.39 is 18.7 Å². The first-order valence-corrected chi connectivity index (χ1v) is 6.30. The van der Waals surface area contributed by atoms with Gasteiger partial charge in [0.05, 0.1) is 0 Å². The van der Waals surface area contributed by atoms with Crippen LogP contribution in [0.5, 0.6) is 0 Å². The topological polar surface area (TPSA) is 83.8 Å². The molecule has 0 saturated heterocycles. The van der Waals surface area contributed by atoms with Gasteiger partial charge in [-0.1, -0.05) is 26.5 Å². The molecule has 0 bridgehead atoms. The van der Waals surface area contributed by atoms with Crippen molar-refractivity contribution >= 4 is 13.6 Å². The molecule has 0 amide bonds. The smallest absolute Gasteiger partial charge is 0.342 e. The van der Waals surface area contributed by atoms with Crippen LogP contribution in [-0.2, 0) is 14.1 Å². The monoisotopic (exact) mass is 236 g/mol. The largest absolute Gasteiger partial charge is 0.461 e. The minimum Gasteiger partial charge on any atom is -0.461 e. The summed E-state index contributed by atoms with van der Waals surface area (Å²) < 4.78 is 16.0. The Kier molecular flexibility index (Phi) is 5.21. The van der Waals surface area contributed by atoms with E-state index in [-0.39, 0.29) is 19.4 Å². The number of carbonyl (C=O) groups is 1. The number of esters is 1. The van der Waals surface area contributed by atoms with E-state index in [1.165, 1.54) is 6.08 Å². The Morgan fingerprint density at radius 2 is 1.93 bits per heavy atom. The van der Waals surface area contributed by atoms with Crippen molar-refractivity contribution in [3.8, 4) is 0 Å². The van der Waals surface area contributed by atoms with Crippen LogP contribution in [0.2, 0.25) is 0 Å². The summed E-state index contributed by atoms with van der Waals surface area (Å²) in [4.78, 5) is 29.9. The molecular formula is C9H17O5P. The molecule has 0 saturated carbocycles. The van der Waals surface area contributed by atoms with E-state index in [1.807, 2.05) is 0 Å². The normalized spacial score (nSPS) is 12.3. The van der Waals surface area contributed by atoms with Crippen LogP contribution in [-0.4, -0.2) is 27.5 Å². The highest BCUT2D eigenvalue weighted by molar-refractivity contribution is 7.54. The van der Waals surface area contributed by atoms with Gasteiger partial charge >= 0.3 is 13.6 Å². The van der Waals surface area contributed by atoms with Crippen LogP contribution in [0.1, 0.15) is 26.7 Å². The van der Waals surface area contributed by atoms with Gasteiger partial charge in [-0.05, 0) is 12.8 Å². The fourth-order valence-corrected chi connectivity index (χ4v) is 2.46. The summed E-state index contributed by atoms with van der Waals surface area (Å²) in [6.45, 7) is 6.42. The van der Waals surface area contributed by atoms with Gasteiger partial charge in [0.25, 0.3) is 0 Å². The zero-order valence-electron chi connectivity index (χ0n) is 8.97. The molecule has 0 aliphatic heterocycles. The molecule has 0 heterocycles. The van der Waals surface area contributed by atoms with Crippen molar-refractivity contribution in [1.82, 2.24) is 0 Å². The van der Waals surface area contributed by atoms with Crippen LogP contribution < -0.4 is 0 Å². The highest BCUT2D eigenvalue weighted by Gasteiger charge is 2.51. The average molecular weight is 236 g/mol. The first kappa shape index (κ1) is 14.4. The lowest BCUT2D eigenvalue weighted by Crippen LogP contribution is -2.38. The van der Waals surface area contributed by atoms with E-state index in [2.05, 4.69) is 6.58 Å². The number of carbonyl (C=O) groups excluding carboxylic acids is 1. The van der Waals surface area contributed by atoms with Crippen LogP contribution in [0.15, 0.2) is 12.7 Å². The maximum absolute atomic E-state index is 11.6. The third-order valence-electron chi connectivity index (χ3n) is 2.44. The Morgan fingerprint density at radius 1 is 1.47 bits per heavy atom. The fourth-order valence-electron chi connectivity index (χ4n) is 1.34. The highest BCUT2D eigenvalue weighted by atomic mass is 31.2. The van der Waals surface area contributed by atoms with E-state index >= 15 is 0 Å². The molecule has 0 aliphatic carbocycles. The van der Waals surface area contributed by atoms with Crippen molar-refractivity contribution < 1.29 is 23.9 Å². The van der Waals surface area contributed by atoms with Gasteiger partial charge in [-0.25, -0.2) is 0 Å². The van der Waals surface area contributed by atoms with Crippen LogP contribution >= 0.6 is 7.60 Å². The molecule has 0 spiro atoms. The second kappa shape index (κ2) is 5.45. The highest BCUT2D eigenvalue weighted by Crippen LogP contribution is 2.55. The van der Waals surface area contributed by atoms with Gasteiger partial charge < -0.3 is 14.5 Å². The number of hydrogen-bond acceptors (Lipinski definition) is 3. The molecule has 15 heavy (non-hydrogen) atoms. The summed E-state index contributed by atoms with van der Waals surface area (Å²) in [5, 5.41) is -1.71. The van der Waals surface area contributed by atoms with Crippen molar-refractivity contribution in [1.29, 1.82) is 0 Å². The van der Waals surface area contributed by atoms with E-state index in [0.717, 1.165) is 0 Å². The van der Waals surface area contributed by atoms with Gasteiger partial charge in [0.1, 0.15) is 6.61 Å². The lowest BCUT2D eigenvalue weighted by Gasteiger charge is -2.29. The predicted octanol–water partition coefficient (Wildman–Crippen LogP) is 1.45. The second-order valence-electron chi connectivity index (χ2n) is 3.17. The molecule has 5 nitrogen and oxygen atoms in total. The standard InChI is InChI=1S/C9H17O5P/c1-4-7-14-8(10)9(5-2,6-3)15(11,12)13/h4H,1,5-7H2,2-3H3,(H2,11,12,13). The Bertz CT molecular complexity index is 276. The molecule has 0 aromatic heterocycles. The summed E-state index contributed by atoms with van der Waals surface area (Å²) in [6, 6.07) is 0. The van der Waals surface area contributed by atoms with Crippen LogP contribution in [0, 0.1) is 0 Å². The molecule has 2 N–H and O–H groups in total. The number of ether oxygens (including phenoxy) is 1. The maximum Gasteiger partial charge on any atom is 0.342 e. The van der Waals surface area contributed by atoms with Gasteiger partial charge in [0, 0.05) is 0 Å². The van der Waals surface area contributed by atoms with Gasteiger partial charge in [-0.15, -0.1) is 0 Å². The van der Waals surface area contributed by atoms with Crippen molar-refractivity contribution in [3.05, 3.63) is 12.7 Å². The third kappa shape index (κ3) is 2.91. The first-order valence-electron chi connectivity index (χ1n) is 4.69. The van der Waals surface area contributed by atoms with E-state index in [0.29, 0.717) is 0 Å². The van der Waals surface area contributed by atoms with Gasteiger partial charge in [0.15, 0.2) is 5.16 Å². The Balaban J connectivity index is 5.02. The Hall–Kier alpha value is -0.640. The van der Waals surface area contributed by atoms with Gasteiger partial charge in [-0.3, -0.25) is 9.36 Å². The first-order chi connectivity index (χ1) is 6.85. The molecular weight excluding hydrogens is 219 g/mol. The molecule has 0 fully saturated rings. The summed E-state index contributed by atoms with van der Waals surface area (Å²) in [5.74, 6) is -0.860. The average Bonchev–Trinajstić information content (AvgIpc) is 2.15. The predicted molar refractivity (Wildman–Crippen MR) is 56.5 cm³/mol. The van der Waals surface area contributed by atoms with Crippen molar-refractivity contribution in [2.24, 2.45) is 0 Å². The summed E-state index contributed by atoms with van der Waals surface area (Å²) in [6.07, 6.45) is 1.45. The van der Waals surface area contributed by atoms with Crippen LogP contribution in [0.3, 0.4) is 0 Å². The van der Waals surface area contributed by atoms with E-state index in [4.69, 9.17) is 4.74 Å². The van der Waals surface area contributed by atoms with Crippen molar-refractivity contribution in [3.63, 3.8) is 0 Å².